The number of imide groups is 1. The molecule has 0 aliphatic heterocycles. The van der Waals surface area contributed by atoms with E-state index in [9.17, 15) is 33.9 Å². The van der Waals surface area contributed by atoms with E-state index in [4.69, 9.17) is 21.1 Å². The van der Waals surface area contributed by atoms with Crippen LogP contribution >= 0.6 is 21.6 Å². The number of hydrogen-bond acceptors (Lipinski definition) is 9. The number of nitrogens with two attached hydrogens (primary N) is 1. The number of carboxylic acids is 4. The van der Waals surface area contributed by atoms with Crippen molar-refractivity contribution in [1.29, 1.82) is 0 Å². The van der Waals surface area contributed by atoms with Crippen LogP contribution in [0.5, 0.6) is 0 Å². The minimum absolute atomic E-state index is 0. The van der Waals surface area contributed by atoms with Crippen molar-refractivity contribution in [3.05, 3.63) is 0 Å². The van der Waals surface area contributed by atoms with Crippen molar-refractivity contribution in [2.75, 3.05) is 11.5 Å². The summed E-state index contributed by atoms with van der Waals surface area (Å²) in [7, 11) is 1.78. The summed E-state index contributed by atoms with van der Waals surface area (Å²) in [6.07, 6.45) is -2.55. The molecule has 0 aromatic heterocycles. The van der Waals surface area contributed by atoms with Gasteiger partial charge in [-0.25, -0.2) is 4.79 Å². The topological polar surface area (TPSA) is 213 Å². The van der Waals surface area contributed by atoms with Gasteiger partial charge in [-0.2, -0.15) is 0 Å². The third-order valence-electron chi connectivity index (χ3n) is 3.11. The molecule has 0 unspecified atom stereocenters. The second kappa shape index (κ2) is 24.4. The van der Waals surface area contributed by atoms with Gasteiger partial charge in [-0.1, -0.05) is 21.6 Å². The second-order valence-electron chi connectivity index (χ2n) is 5.31. The van der Waals surface area contributed by atoms with E-state index < -0.39 is 73.5 Å². The predicted molar refractivity (Wildman–Crippen MR) is 126 cm³/mol. The molecular weight excluding hydrogens is 512 g/mol. The van der Waals surface area contributed by atoms with E-state index in [2.05, 4.69) is 0 Å². The number of amides is 2. The van der Waals surface area contributed by atoms with Crippen LogP contribution in [0, 0.1) is 0 Å². The van der Waals surface area contributed by atoms with Gasteiger partial charge in [-0.15, -0.1) is 0 Å². The molecule has 0 bridgehead atoms. The Morgan fingerprint density at radius 2 is 1.03 bits per heavy atom. The molecule has 2 atom stereocenters. The summed E-state index contributed by atoms with van der Waals surface area (Å²) in [6, 6.07) is -2.87. The summed E-state index contributed by atoms with van der Waals surface area (Å²) >= 11 is 0. The summed E-state index contributed by atoms with van der Waals surface area (Å²) in [5.74, 6) is -7.97. The normalized spacial score (nSPS) is 11.0. The van der Waals surface area contributed by atoms with E-state index in [1.54, 1.807) is 0 Å². The first kappa shape index (κ1) is 43.7. The van der Waals surface area contributed by atoms with Crippen LogP contribution in [0.2, 0.25) is 0 Å². The van der Waals surface area contributed by atoms with Gasteiger partial charge in [0.25, 0.3) is 0 Å². The van der Waals surface area contributed by atoms with Gasteiger partial charge in [0, 0.05) is 24.3 Å². The average Bonchev–Trinajstić information content (AvgIpc) is 2.59. The van der Waals surface area contributed by atoms with Crippen LogP contribution in [0.3, 0.4) is 0 Å². The maximum absolute atomic E-state index is 12.2. The molecule has 18 heteroatoms. The molecule has 12 nitrogen and oxygen atoms in total. The molecule has 0 spiro atoms. The summed E-state index contributed by atoms with van der Waals surface area (Å²) in [6.45, 7) is 0. The van der Waals surface area contributed by atoms with Gasteiger partial charge >= 0.3 is 142 Å². The van der Waals surface area contributed by atoms with E-state index >= 15 is 0 Å². The first-order valence-corrected chi connectivity index (χ1v) is 10.2. The Morgan fingerprint density at radius 3 is 1.34 bits per heavy atom. The van der Waals surface area contributed by atoms with E-state index in [1.165, 1.54) is 0 Å². The van der Waals surface area contributed by atoms with Crippen LogP contribution in [0.1, 0.15) is 25.7 Å². The molecule has 6 N–H and O–H groups in total. The molecule has 32 heavy (non-hydrogen) atoms. The first-order chi connectivity index (χ1) is 13.0. The first-order valence-electron chi connectivity index (χ1n) is 7.71. The molecule has 0 aromatic carbocycles. The zero-order chi connectivity index (χ0) is 21.9. The number of nitrogens with zero attached hydrogens (tertiary/aromatic N) is 1. The van der Waals surface area contributed by atoms with Gasteiger partial charge in [0.15, 0.2) is 0 Å². The third kappa shape index (κ3) is 19.9. The van der Waals surface area contributed by atoms with Crippen LogP contribution in [-0.4, -0.2) is 203 Å². The Labute approximate surface area is 280 Å². The average molecular weight is 536 g/mol. The minimum atomic E-state index is -1.68. The number of carboxylic acid groups (broad SMARTS) is 4. The summed E-state index contributed by atoms with van der Waals surface area (Å²) in [5.41, 5.74) is 5.31. The fourth-order valence-corrected chi connectivity index (χ4v) is 4.02. The number of carbonyl (C=O) groups is 6. The Hall–Kier alpha value is 1.68. The van der Waals surface area contributed by atoms with Crippen LogP contribution in [0.25, 0.3) is 0 Å². The summed E-state index contributed by atoms with van der Waals surface area (Å²) < 4.78 is 0. The summed E-state index contributed by atoms with van der Waals surface area (Å²) in [5, 5.41) is 35.4. The van der Waals surface area contributed by atoms with Gasteiger partial charge in [-0.3, -0.25) is 28.9 Å². The number of hydrogen-bond donors (Lipinski definition) is 5. The van der Waals surface area contributed by atoms with E-state index in [0.717, 1.165) is 21.6 Å². The molecule has 0 aliphatic rings. The quantitative estimate of drug-likeness (QED) is 0.0838. The zero-order valence-corrected chi connectivity index (χ0v) is 16.1. The van der Waals surface area contributed by atoms with Crippen LogP contribution in [-0.2, 0) is 28.8 Å². The Morgan fingerprint density at radius 1 is 0.656 bits per heavy atom. The molecule has 0 aliphatic carbocycles. The van der Waals surface area contributed by atoms with Crippen molar-refractivity contribution in [3.63, 3.8) is 0 Å². The third-order valence-corrected chi connectivity index (χ3v) is 5.54. The van der Waals surface area contributed by atoms with E-state index in [-0.39, 0.29) is 130 Å². The zero-order valence-electron chi connectivity index (χ0n) is 14.5. The number of carbonyl (C=O) groups excluding carboxylic acids is 2. The number of aliphatic carboxylic acids is 4. The Kier molecular flexibility index (Phi) is 33.3. The van der Waals surface area contributed by atoms with Crippen molar-refractivity contribution in [3.8, 4) is 0 Å². The van der Waals surface area contributed by atoms with Crippen molar-refractivity contribution in [2.24, 2.45) is 5.73 Å². The summed E-state index contributed by atoms with van der Waals surface area (Å²) in [4.78, 5) is 68.3. The van der Waals surface area contributed by atoms with Crippen molar-refractivity contribution in [2.45, 2.75) is 37.8 Å². The van der Waals surface area contributed by atoms with Crippen molar-refractivity contribution >= 4 is 176 Å². The SMILES string of the molecule is N[C@@H](CSSC[C@@H](C(=O)O)N(C(=O)CCC(=O)O)C(=O)CCC(=O)O)C(=O)O.[NaH].[NaH].[NaH].[NaH]. The Balaban J connectivity index is -0.000000607. The molecule has 0 saturated carbocycles. The fraction of sp³-hybridized carbons (Fsp3) is 0.571. The van der Waals surface area contributed by atoms with Crippen molar-refractivity contribution < 1.29 is 49.2 Å². The van der Waals surface area contributed by atoms with Crippen LogP contribution in [0.4, 0.5) is 0 Å². The van der Waals surface area contributed by atoms with Crippen LogP contribution in [0.15, 0.2) is 0 Å². The molecule has 2 amide bonds. The van der Waals surface area contributed by atoms with Crippen LogP contribution < -0.4 is 5.73 Å². The van der Waals surface area contributed by atoms with Crippen molar-refractivity contribution in [1.82, 2.24) is 4.90 Å². The fourth-order valence-electron chi connectivity index (χ4n) is 1.72. The van der Waals surface area contributed by atoms with Gasteiger partial charge in [0.1, 0.15) is 12.1 Å². The van der Waals surface area contributed by atoms with E-state index in [1.807, 2.05) is 0 Å². The Bertz CT molecular complexity index is 615. The van der Waals surface area contributed by atoms with E-state index in [0.29, 0.717) is 4.90 Å². The second-order valence-corrected chi connectivity index (χ2v) is 7.87. The molecule has 0 radical (unpaired) electrons. The molecule has 0 saturated heterocycles. The maximum atomic E-state index is 12.2. The molecule has 0 aromatic rings. The molecule has 0 fully saturated rings. The van der Waals surface area contributed by atoms with Gasteiger partial charge in [-0.05, 0) is 0 Å². The molecule has 0 rings (SSSR count). The van der Waals surface area contributed by atoms with Gasteiger partial charge in [0.2, 0.25) is 11.8 Å². The molecule has 166 valence electrons. The monoisotopic (exact) mass is 536 g/mol. The van der Waals surface area contributed by atoms with Gasteiger partial charge < -0.3 is 26.2 Å². The standard InChI is InChI=1S/C14H20N2O10S2.4Na.4H/c15-7(13(23)24)5-27-28-6-8(14(25)26)16(9(17)1-3-11(19)20)10(18)2-4-12(21)22;;;;;;;;/h7-8H,1-6,15H2,(H,19,20)(H,21,22)(H,23,24)(H,25,26);;;;;;;;/t7-,8-;;;;;;;;/m0......../s1. The predicted octanol–water partition coefficient (Wildman–Crippen LogP) is -3.28. The molecular formula is C14H24N2Na4O10S2. The molecule has 0 heterocycles. The number of rotatable bonds is 14. The van der Waals surface area contributed by atoms with Gasteiger partial charge in [0.05, 0.1) is 12.8 Å².